The maximum absolute atomic E-state index is 10.7. The molecule has 0 radical (unpaired) electrons. The number of carboxylic acid groups (broad SMARTS) is 1. The van der Waals surface area contributed by atoms with Gasteiger partial charge >= 0.3 is 5.97 Å². The van der Waals surface area contributed by atoms with Gasteiger partial charge in [-0.05, 0) is 36.8 Å². The molecule has 122 valence electrons. The highest BCUT2D eigenvalue weighted by Gasteiger charge is 2.11. The van der Waals surface area contributed by atoms with E-state index in [4.69, 9.17) is 14.3 Å². The lowest BCUT2D eigenvalue weighted by Gasteiger charge is -2.05. The Morgan fingerprint density at radius 2 is 1.83 bits per heavy atom. The summed E-state index contributed by atoms with van der Waals surface area (Å²) in [5, 5.41) is 8.77. The van der Waals surface area contributed by atoms with Crippen LogP contribution in [0.5, 0.6) is 5.75 Å². The van der Waals surface area contributed by atoms with Crippen LogP contribution in [0.3, 0.4) is 0 Å². The van der Waals surface area contributed by atoms with Gasteiger partial charge in [0.15, 0.2) is 0 Å². The second-order valence-corrected chi connectivity index (χ2v) is 5.39. The van der Waals surface area contributed by atoms with E-state index in [0.717, 1.165) is 22.6 Å². The fourth-order valence-corrected chi connectivity index (χ4v) is 2.30. The molecule has 24 heavy (non-hydrogen) atoms. The fraction of sp³-hybridized carbons (Fsp3) is 0.158. The number of ether oxygens (including phenoxy) is 1. The van der Waals surface area contributed by atoms with E-state index in [1.807, 2.05) is 37.3 Å². The summed E-state index contributed by atoms with van der Waals surface area (Å²) in [6, 6.07) is 16.7. The topological polar surface area (TPSA) is 72.6 Å². The zero-order valence-corrected chi connectivity index (χ0v) is 13.2. The Morgan fingerprint density at radius 1 is 1.12 bits per heavy atom. The Labute approximate surface area is 139 Å². The van der Waals surface area contributed by atoms with Crippen molar-refractivity contribution < 1.29 is 19.1 Å². The highest BCUT2D eigenvalue weighted by molar-refractivity contribution is 5.70. The van der Waals surface area contributed by atoms with Gasteiger partial charge in [-0.15, -0.1) is 0 Å². The summed E-state index contributed by atoms with van der Waals surface area (Å²) < 4.78 is 11.4. The highest BCUT2D eigenvalue weighted by Crippen LogP contribution is 2.22. The number of aryl methyl sites for hydroxylation is 1. The SMILES string of the molecule is Cc1oc(-c2ccccc2)nc1COc1ccc(CC(=O)O)cc1. The first-order chi connectivity index (χ1) is 11.6. The molecular formula is C19H17NO4. The van der Waals surface area contributed by atoms with E-state index in [1.165, 1.54) is 0 Å². The second kappa shape index (κ2) is 7.00. The molecule has 0 atom stereocenters. The van der Waals surface area contributed by atoms with Crippen LogP contribution in [-0.4, -0.2) is 16.1 Å². The molecule has 0 amide bonds. The molecule has 0 bridgehead atoms. The molecule has 0 saturated carbocycles. The number of nitrogens with zero attached hydrogens (tertiary/aromatic N) is 1. The van der Waals surface area contributed by atoms with Gasteiger partial charge in [0, 0.05) is 5.56 Å². The summed E-state index contributed by atoms with van der Waals surface area (Å²) in [6.45, 7) is 2.15. The molecule has 1 heterocycles. The molecular weight excluding hydrogens is 306 g/mol. The first kappa shape index (κ1) is 15.8. The highest BCUT2D eigenvalue weighted by atomic mass is 16.5. The standard InChI is InChI=1S/C19H17NO4/c1-13-17(20-19(24-13)15-5-3-2-4-6-15)12-23-16-9-7-14(8-10-16)11-18(21)22/h2-10H,11-12H2,1H3,(H,21,22). The maximum Gasteiger partial charge on any atom is 0.307 e. The van der Waals surface area contributed by atoms with Crippen molar-refractivity contribution in [1.82, 2.24) is 4.98 Å². The van der Waals surface area contributed by atoms with Crippen LogP contribution >= 0.6 is 0 Å². The summed E-state index contributed by atoms with van der Waals surface area (Å²) in [4.78, 5) is 15.2. The summed E-state index contributed by atoms with van der Waals surface area (Å²) in [5.74, 6) is 1.10. The molecule has 0 spiro atoms. The Morgan fingerprint density at radius 3 is 2.50 bits per heavy atom. The molecule has 0 aliphatic carbocycles. The van der Waals surface area contributed by atoms with E-state index < -0.39 is 5.97 Å². The number of hydrogen-bond donors (Lipinski definition) is 1. The molecule has 3 aromatic rings. The van der Waals surface area contributed by atoms with Gasteiger partial charge in [-0.3, -0.25) is 4.79 Å². The first-order valence-corrected chi connectivity index (χ1v) is 7.57. The van der Waals surface area contributed by atoms with E-state index in [9.17, 15) is 4.79 Å². The van der Waals surface area contributed by atoms with Crippen LogP contribution in [0.25, 0.3) is 11.5 Å². The number of hydrogen-bond acceptors (Lipinski definition) is 4. The van der Waals surface area contributed by atoms with Gasteiger partial charge in [0.25, 0.3) is 0 Å². The van der Waals surface area contributed by atoms with E-state index in [1.54, 1.807) is 24.3 Å². The first-order valence-electron chi connectivity index (χ1n) is 7.57. The smallest absolute Gasteiger partial charge is 0.307 e. The van der Waals surface area contributed by atoms with Gasteiger partial charge in [0.05, 0.1) is 6.42 Å². The van der Waals surface area contributed by atoms with E-state index >= 15 is 0 Å². The monoisotopic (exact) mass is 323 g/mol. The third-order valence-electron chi connectivity index (χ3n) is 3.57. The number of carboxylic acids is 1. The van der Waals surface area contributed by atoms with Crippen molar-refractivity contribution in [1.29, 1.82) is 0 Å². The third kappa shape index (κ3) is 3.81. The van der Waals surface area contributed by atoms with Crippen molar-refractivity contribution in [3.05, 3.63) is 71.6 Å². The van der Waals surface area contributed by atoms with Gasteiger partial charge in [0.1, 0.15) is 23.8 Å². The number of rotatable bonds is 6. The van der Waals surface area contributed by atoms with Crippen molar-refractivity contribution in [2.45, 2.75) is 20.0 Å². The van der Waals surface area contributed by atoms with Crippen molar-refractivity contribution in [2.75, 3.05) is 0 Å². The lowest BCUT2D eigenvalue weighted by Crippen LogP contribution is -2.00. The van der Waals surface area contributed by atoms with E-state index in [-0.39, 0.29) is 6.42 Å². The minimum atomic E-state index is -0.852. The predicted molar refractivity (Wildman–Crippen MR) is 88.8 cm³/mol. The van der Waals surface area contributed by atoms with Gasteiger partial charge in [0.2, 0.25) is 5.89 Å². The van der Waals surface area contributed by atoms with Crippen molar-refractivity contribution in [3.8, 4) is 17.2 Å². The van der Waals surface area contributed by atoms with Crippen molar-refractivity contribution in [2.24, 2.45) is 0 Å². The molecule has 1 N–H and O–H groups in total. The lowest BCUT2D eigenvalue weighted by molar-refractivity contribution is -0.136. The summed E-state index contributed by atoms with van der Waals surface area (Å²) >= 11 is 0. The van der Waals surface area contributed by atoms with E-state index in [0.29, 0.717) is 18.2 Å². The summed E-state index contributed by atoms with van der Waals surface area (Å²) in [7, 11) is 0. The van der Waals surface area contributed by atoms with Crippen LogP contribution in [0.4, 0.5) is 0 Å². The number of aromatic nitrogens is 1. The number of aliphatic carboxylic acids is 1. The quantitative estimate of drug-likeness (QED) is 0.746. The second-order valence-electron chi connectivity index (χ2n) is 5.39. The van der Waals surface area contributed by atoms with Crippen LogP contribution < -0.4 is 4.74 Å². The van der Waals surface area contributed by atoms with Crippen LogP contribution in [-0.2, 0) is 17.8 Å². The molecule has 5 heteroatoms. The molecule has 5 nitrogen and oxygen atoms in total. The van der Waals surface area contributed by atoms with Crippen LogP contribution in [0.15, 0.2) is 59.0 Å². The van der Waals surface area contributed by atoms with Crippen LogP contribution in [0.1, 0.15) is 17.0 Å². The lowest BCUT2D eigenvalue weighted by atomic mass is 10.1. The molecule has 0 saturated heterocycles. The Bertz CT molecular complexity index is 822. The Balaban J connectivity index is 1.66. The predicted octanol–water partition coefficient (Wildman–Crippen LogP) is 3.86. The largest absolute Gasteiger partial charge is 0.487 e. The van der Waals surface area contributed by atoms with Crippen LogP contribution in [0, 0.1) is 6.92 Å². The third-order valence-corrected chi connectivity index (χ3v) is 3.57. The van der Waals surface area contributed by atoms with Crippen molar-refractivity contribution >= 4 is 5.97 Å². The average Bonchev–Trinajstić information content (AvgIpc) is 2.95. The molecule has 1 aromatic heterocycles. The molecule has 3 rings (SSSR count). The fourth-order valence-electron chi connectivity index (χ4n) is 2.30. The Kier molecular flexibility index (Phi) is 4.61. The van der Waals surface area contributed by atoms with Gasteiger partial charge in [-0.2, -0.15) is 0 Å². The number of benzene rings is 2. The summed E-state index contributed by atoms with van der Waals surface area (Å²) in [6.07, 6.45) is 0.00309. The molecule has 0 fully saturated rings. The molecule has 0 aliphatic rings. The average molecular weight is 323 g/mol. The molecule has 0 aliphatic heterocycles. The normalized spacial score (nSPS) is 10.5. The minimum absolute atomic E-state index is 0.00309. The number of oxazole rings is 1. The van der Waals surface area contributed by atoms with E-state index in [2.05, 4.69) is 4.98 Å². The zero-order valence-electron chi connectivity index (χ0n) is 13.2. The maximum atomic E-state index is 10.7. The van der Waals surface area contributed by atoms with Crippen molar-refractivity contribution in [3.63, 3.8) is 0 Å². The Hall–Kier alpha value is -3.08. The summed E-state index contributed by atoms with van der Waals surface area (Å²) in [5.41, 5.74) is 2.40. The molecule has 0 unspecified atom stereocenters. The minimum Gasteiger partial charge on any atom is -0.487 e. The van der Waals surface area contributed by atoms with Gasteiger partial charge in [-0.25, -0.2) is 4.98 Å². The van der Waals surface area contributed by atoms with Gasteiger partial charge < -0.3 is 14.3 Å². The molecule has 2 aromatic carbocycles. The van der Waals surface area contributed by atoms with Gasteiger partial charge in [-0.1, -0.05) is 30.3 Å². The number of carbonyl (C=O) groups is 1. The van der Waals surface area contributed by atoms with Crippen LogP contribution in [0.2, 0.25) is 0 Å². The zero-order chi connectivity index (χ0) is 16.9.